The number of phenolic OH excluding ortho intramolecular Hbond substituents is 1. The Labute approximate surface area is 139 Å². The molecule has 0 bridgehead atoms. The Morgan fingerprint density at radius 2 is 1.29 bits per heavy atom. The molecule has 3 rings (SSSR count). The molecule has 3 aromatic rings. The Hall–Kier alpha value is -3.40. The third-order valence-corrected chi connectivity index (χ3v) is 3.51. The van der Waals surface area contributed by atoms with E-state index in [-0.39, 0.29) is 17.4 Å². The first-order chi connectivity index (χ1) is 11.6. The third kappa shape index (κ3) is 3.50. The number of carbonyl (C=O) groups excluding carboxylic acids is 2. The third-order valence-electron chi connectivity index (χ3n) is 3.51. The van der Waals surface area contributed by atoms with Gasteiger partial charge in [-0.2, -0.15) is 0 Å². The summed E-state index contributed by atoms with van der Waals surface area (Å²) in [4.78, 5) is 24.7. The number of carbonyl (C=O) groups is 2. The summed E-state index contributed by atoms with van der Waals surface area (Å²) in [5, 5.41) is 12.6. The van der Waals surface area contributed by atoms with Crippen LogP contribution in [0.1, 0.15) is 26.3 Å². The van der Waals surface area contributed by atoms with Gasteiger partial charge in [0.05, 0.1) is 0 Å². The standard InChI is InChI=1S/C20H15NO3/c22-18-12-16(19(23)14-7-3-1-4-8-14)11-17(13-18)21-20(24)15-9-5-2-6-10-15/h1-13,22H,(H,21,24). The van der Waals surface area contributed by atoms with Crippen molar-refractivity contribution in [3.63, 3.8) is 0 Å². The molecule has 0 heterocycles. The molecule has 118 valence electrons. The fraction of sp³-hybridized carbons (Fsp3) is 0. The predicted molar refractivity (Wildman–Crippen MR) is 92.4 cm³/mol. The second kappa shape index (κ2) is 6.79. The lowest BCUT2D eigenvalue weighted by molar-refractivity contribution is 0.102. The van der Waals surface area contributed by atoms with Gasteiger partial charge in [-0.15, -0.1) is 0 Å². The zero-order valence-electron chi connectivity index (χ0n) is 12.8. The van der Waals surface area contributed by atoms with Gasteiger partial charge in [0.2, 0.25) is 0 Å². The Morgan fingerprint density at radius 3 is 1.92 bits per heavy atom. The van der Waals surface area contributed by atoms with E-state index in [1.165, 1.54) is 12.1 Å². The van der Waals surface area contributed by atoms with E-state index in [1.54, 1.807) is 54.6 Å². The van der Waals surface area contributed by atoms with Crippen LogP contribution in [-0.4, -0.2) is 16.8 Å². The maximum Gasteiger partial charge on any atom is 0.255 e. The molecule has 2 N–H and O–H groups in total. The van der Waals surface area contributed by atoms with Crippen LogP contribution in [0, 0.1) is 0 Å². The molecule has 0 radical (unpaired) electrons. The van der Waals surface area contributed by atoms with Gasteiger partial charge in [-0.25, -0.2) is 0 Å². The minimum atomic E-state index is -0.306. The van der Waals surface area contributed by atoms with Crippen LogP contribution < -0.4 is 5.32 Å². The van der Waals surface area contributed by atoms with Crippen molar-refractivity contribution >= 4 is 17.4 Å². The molecule has 0 fully saturated rings. The van der Waals surface area contributed by atoms with Crippen LogP contribution >= 0.6 is 0 Å². The molecule has 0 atom stereocenters. The van der Waals surface area contributed by atoms with Crippen molar-refractivity contribution in [3.05, 3.63) is 95.6 Å². The molecule has 0 aliphatic heterocycles. The molecule has 24 heavy (non-hydrogen) atoms. The Balaban J connectivity index is 1.87. The molecule has 0 aliphatic rings. The number of nitrogens with one attached hydrogen (secondary N) is 1. The van der Waals surface area contributed by atoms with E-state index < -0.39 is 0 Å². The topological polar surface area (TPSA) is 66.4 Å². The zero-order chi connectivity index (χ0) is 16.9. The maximum atomic E-state index is 12.5. The quantitative estimate of drug-likeness (QED) is 0.718. The first-order valence-corrected chi connectivity index (χ1v) is 7.44. The number of ketones is 1. The summed E-state index contributed by atoms with van der Waals surface area (Å²) >= 11 is 0. The highest BCUT2D eigenvalue weighted by Crippen LogP contribution is 2.22. The van der Waals surface area contributed by atoms with Gasteiger partial charge >= 0.3 is 0 Å². The van der Waals surface area contributed by atoms with Gasteiger partial charge in [0, 0.05) is 28.4 Å². The van der Waals surface area contributed by atoms with Gasteiger partial charge in [0.25, 0.3) is 5.91 Å². The van der Waals surface area contributed by atoms with Gasteiger partial charge < -0.3 is 10.4 Å². The average molecular weight is 317 g/mol. The van der Waals surface area contributed by atoms with Crippen molar-refractivity contribution in [2.75, 3.05) is 5.32 Å². The molecule has 0 unspecified atom stereocenters. The SMILES string of the molecule is O=C(Nc1cc(O)cc(C(=O)c2ccccc2)c1)c1ccccc1. The molecule has 0 spiro atoms. The van der Waals surface area contributed by atoms with E-state index in [9.17, 15) is 14.7 Å². The summed E-state index contributed by atoms with van der Waals surface area (Å²) < 4.78 is 0. The van der Waals surface area contributed by atoms with E-state index >= 15 is 0 Å². The first kappa shape index (κ1) is 15.5. The Bertz CT molecular complexity index is 874. The summed E-state index contributed by atoms with van der Waals surface area (Å²) in [6.45, 7) is 0. The zero-order valence-corrected chi connectivity index (χ0v) is 12.8. The molecule has 0 aromatic heterocycles. The van der Waals surface area contributed by atoms with Gasteiger partial charge in [0.1, 0.15) is 5.75 Å². The highest BCUT2D eigenvalue weighted by molar-refractivity contribution is 6.10. The largest absolute Gasteiger partial charge is 0.508 e. The van der Waals surface area contributed by atoms with Gasteiger partial charge in [-0.05, 0) is 24.3 Å². The molecule has 4 heteroatoms. The van der Waals surface area contributed by atoms with Crippen LogP contribution in [0.4, 0.5) is 5.69 Å². The number of hydrogen-bond donors (Lipinski definition) is 2. The molecule has 0 aliphatic carbocycles. The summed E-state index contributed by atoms with van der Waals surface area (Å²) in [7, 11) is 0. The highest BCUT2D eigenvalue weighted by atomic mass is 16.3. The van der Waals surface area contributed by atoms with Crippen molar-refractivity contribution in [2.24, 2.45) is 0 Å². The minimum absolute atomic E-state index is 0.0832. The lowest BCUT2D eigenvalue weighted by Gasteiger charge is -2.08. The first-order valence-electron chi connectivity index (χ1n) is 7.44. The molecule has 3 aromatic carbocycles. The molecule has 0 saturated heterocycles. The van der Waals surface area contributed by atoms with E-state index in [2.05, 4.69) is 5.32 Å². The summed E-state index contributed by atoms with van der Waals surface area (Å²) in [6, 6.07) is 21.8. The predicted octanol–water partition coefficient (Wildman–Crippen LogP) is 3.88. The van der Waals surface area contributed by atoms with Gasteiger partial charge in [0.15, 0.2) is 5.78 Å². The van der Waals surface area contributed by atoms with Gasteiger partial charge in [-0.1, -0.05) is 48.5 Å². The van der Waals surface area contributed by atoms with Crippen LogP contribution in [0.15, 0.2) is 78.9 Å². The average Bonchev–Trinajstić information content (AvgIpc) is 2.62. The van der Waals surface area contributed by atoms with Crippen molar-refractivity contribution in [2.45, 2.75) is 0 Å². The Kier molecular flexibility index (Phi) is 4.38. The fourth-order valence-electron chi connectivity index (χ4n) is 2.36. The highest BCUT2D eigenvalue weighted by Gasteiger charge is 2.12. The molecular formula is C20H15NO3. The number of anilines is 1. The van der Waals surface area contributed by atoms with Crippen molar-refractivity contribution in [1.82, 2.24) is 0 Å². The number of phenols is 1. The van der Waals surface area contributed by atoms with Gasteiger partial charge in [-0.3, -0.25) is 9.59 Å². The number of hydrogen-bond acceptors (Lipinski definition) is 3. The number of rotatable bonds is 4. The normalized spacial score (nSPS) is 10.2. The molecule has 4 nitrogen and oxygen atoms in total. The molecular weight excluding hydrogens is 302 g/mol. The fourth-order valence-corrected chi connectivity index (χ4v) is 2.36. The lowest BCUT2D eigenvalue weighted by Crippen LogP contribution is -2.12. The summed E-state index contributed by atoms with van der Waals surface area (Å²) in [5.74, 6) is -0.610. The minimum Gasteiger partial charge on any atom is -0.508 e. The van der Waals surface area contributed by atoms with E-state index in [0.29, 0.717) is 22.4 Å². The second-order valence-corrected chi connectivity index (χ2v) is 5.28. The number of benzene rings is 3. The van der Waals surface area contributed by atoms with Crippen LogP contribution in [0.3, 0.4) is 0 Å². The summed E-state index contributed by atoms with van der Waals surface area (Å²) in [5.41, 5.74) is 1.69. The number of amides is 1. The van der Waals surface area contributed by atoms with Crippen LogP contribution in [0.5, 0.6) is 5.75 Å². The van der Waals surface area contributed by atoms with Crippen LogP contribution in [0.2, 0.25) is 0 Å². The van der Waals surface area contributed by atoms with E-state index in [4.69, 9.17) is 0 Å². The van der Waals surface area contributed by atoms with E-state index in [1.807, 2.05) is 12.1 Å². The molecule has 0 saturated carbocycles. The van der Waals surface area contributed by atoms with Crippen LogP contribution in [-0.2, 0) is 0 Å². The summed E-state index contributed by atoms with van der Waals surface area (Å²) in [6.07, 6.45) is 0. The van der Waals surface area contributed by atoms with E-state index in [0.717, 1.165) is 0 Å². The van der Waals surface area contributed by atoms with Crippen LogP contribution in [0.25, 0.3) is 0 Å². The second-order valence-electron chi connectivity index (χ2n) is 5.28. The lowest BCUT2D eigenvalue weighted by atomic mass is 10.0. The Morgan fingerprint density at radius 1 is 0.708 bits per heavy atom. The smallest absolute Gasteiger partial charge is 0.255 e. The van der Waals surface area contributed by atoms with Crippen molar-refractivity contribution in [1.29, 1.82) is 0 Å². The van der Waals surface area contributed by atoms with Crippen molar-refractivity contribution in [3.8, 4) is 5.75 Å². The monoisotopic (exact) mass is 317 g/mol. The maximum absolute atomic E-state index is 12.5. The van der Waals surface area contributed by atoms with Crippen molar-refractivity contribution < 1.29 is 14.7 Å². The number of aromatic hydroxyl groups is 1. The molecule has 1 amide bonds.